The van der Waals surface area contributed by atoms with Gasteiger partial charge in [-0.1, -0.05) is 31.2 Å². The summed E-state index contributed by atoms with van der Waals surface area (Å²) >= 11 is 0. The maximum atomic E-state index is 13.8. The molecule has 7 heteroatoms. The quantitative estimate of drug-likeness (QED) is 0.457. The van der Waals surface area contributed by atoms with Gasteiger partial charge in [0.25, 0.3) is 11.8 Å². The van der Waals surface area contributed by atoms with E-state index in [1.807, 2.05) is 32.9 Å². The van der Waals surface area contributed by atoms with E-state index >= 15 is 0 Å². The molecule has 1 aliphatic rings. The van der Waals surface area contributed by atoms with Gasteiger partial charge in [0.2, 0.25) is 0 Å². The first-order chi connectivity index (χ1) is 16.3. The largest absolute Gasteiger partial charge is 0.491 e. The number of carbonyl (C=O) groups excluding carboxylic acids is 2. The number of amides is 2. The van der Waals surface area contributed by atoms with Crippen LogP contribution in [-0.2, 0) is 16.0 Å². The van der Waals surface area contributed by atoms with Gasteiger partial charge in [-0.3, -0.25) is 9.59 Å². The Bertz CT molecular complexity index is 1270. The zero-order valence-electron chi connectivity index (χ0n) is 19.1. The molecule has 5 nitrogen and oxygen atoms in total. The number of aryl methyl sites for hydroxylation is 1. The van der Waals surface area contributed by atoms with Gasteiger partial charge < -0.3 is 10.1 Å². The highest BCUT2D eigenvalue weighted by Crippen LogP contribution is 2.34. The van der Waals surface area contributed by atoms with Crippen LogP contribution in [0.5, 0.6) is 5.75 Å². The van der Waals surface area contributed by atoms with E-state index in [9.17, 15) is 18.4 Å². The summed E-state index contributed by atoms with van der Waals surface area (Å²) in [6, 6.07) is 17.2. The number of imide groups is 1. The lowest BCUT2D eigenvalue weighted by atomic mass is 10.0. The van der Waals surface area contributed by atoms with Crippen LogP contribution in [0, 0.1) is 11.6 Å². The summed E-state index contributed by atoms with van der Waals surface area (Å²) in [5, 5.41) is 2.84. The summed E-state index contributed by atoms with van der Waals surface area (Å²) in [7, 11) is 0. The van der Waals surface area contributed by atoms with Crippen LogP contribution in [0.1, 0.15) is 31.9 Å². The van der Waals surface area contributed by atoms with E-state index in [0.29, 0.717) is 17.0 Å². The fourth-order valence-electron chi connectivity index (χ4n) is 3.72. The number of ether oxygens (including phenoxy) is 1. The minimum Gasteiger partial charge on any atom is -0.491 e. The molecule has 4 rings (SSSR count). The van der Waals surface area contributed by atoms with Crippen molar-refractivity contribution in [1.29, 1.82) is 0 Å². The molecule has 0 spiro atoms. The average molecular weight is 462 g/mol. The Morgan fingerprint density at radius 3 is 2.15 bits per heavy atom. The molecule has 2 amide bonds. The lowest BCUT2D eigenvalue weighted by Gasteiger charge is -2.16. The first kappa shape index (κ1) is 23.2. The number of carbonyl (C=O) groups is 2. The predicted molar refractivity (Wildman–Crippen MR) is 127 cm³/mol. The fraction of sp³-hybridized carbons (Fsp3) is 0.185. The van der Waals surface area contributed by atoms with Crippen molar-refractivity contribution in [3.05, 3.63) is 95.2 Å². The van der Waals surface area contributed by atoms with Crippen molar-refractivity contribution < 1.29 is 23.1 Å². The minimum absolute atomic E-state index is 0.0203. The minimum atomic E-state index is -1.06. The zero-order valence-corrected chi connectivity index (χ0v) is 19.1. The van der Waals surface area contributed by atoms with Gasteiger partial charge in [0.15, 0.2) is 11.6 Å². The topological polar surface area (TPSA) is 58.6 Å². The van der Waals surface area contributed by atoms with Crippen molar-refractivity contribution in [2.24, 2.45) is 0 Å². The normalized spacial score (nSPS) is 13.8. The molecule has 0 fully saturated rings. The highest BCUT2D eigenvalue weighted by molar-refractivity contribution is 6.46. The van der Waals surface area contributed by atoms with Crippen LogP contribution in [0.4, 0.5) is 20.2 Å². The van der Waals surface area contributed by atoms with E-state index in [-0.39, 0.29) is 23.1 Å². The molecular formula is C27H24F2N2O3. The van der Waals surface area contributed by atoms with E-state index in [4.69, 9.17) is 4.74 Å². The second kappa shape index (κ2) is 9.47. The van der Waals surface area contributed by atoms with Crippen molar-refractivity contribution in [3.63, 3.8) is 0 Å². The highest BCUT2D eigenvalue weighted by Gasteiger charge is 2.40. The third-order valence-electron chi connectivity index (χ3n) is 5.39. The molecule has 34 heavy (non-hydrogen) atoms. The average Bonchev–Trinajstić information content (AvgIpc) is 3.06. The second-order valence-corrected chi connectivity index (χ2v) is 8.16. The van der Waals surface area contributed by atoms with Gasteiger partial charge in [-0.25, -0.2) is 13.7 Å². The molecule has 0 radical (unpaired) electrons. The Morgan fingerprint density at radius 2 is 1.56 bits per heavy atom. The van der Waals surface area contributed by atoms with Crippen molar-refractivity contribution >= 4 is 28.8 Å². The van der Waals surface area contributed by atoms with Crippen LogP contribution in [0.2, 0.25) is 0 Å². The SMILES string of the molecule is CCc1ccc(N2C(=O)C(Nc3ccc(F)c(F)c3)=C(c3ccc(OC(C)C)cc3)C2=O)cc1. The summed E-state index contributed by atoms with van der Waals surface area (Å²) < 4.78 is 32.9. The summed E-state index contributed by atoms with van der Waals surface area (Å²) in [5.74, 6) is -2.55. The highest BCUT2D eigenvalue weighted by atomic mass is 19.2. The number of nitrogens with zero attached hydrogens (tertiary/aromatic N) is 1. The van der Waals surface area contributed by atoms with Gasteiger partial charge in [0.1, 0.15) is 11.4 Å². The van der Waals surface area contributed by atoms with Crippen LogP contribution in [0.25, 0.3) is 5.57 Å². The zero-order chi connectivity index (χ0) is 24.4. The molecule has 1 N–H and O–H groups in total. The van der Waals surface area contributed by atoms with E-state index < -0.39 is 23.4 Å². The van der Waals surface area contributed by atoms with E-state index in [0.717, 1.165) is 29.0 Å². The summed E-state index contributed by atoms with van der Waals surface area (Å²) in [4.78, 5) is 28.0. The molecule has 0 unspecified atom stereocenters. The molecule has 1 heterocycles. The fourth-order valence-corrected chi connectivity index (χ4v) is 3.72. The molecule has 3 aromatic carbocycles. The van der Waals surface area contributed by atoms with Gasteiger partial charge in [-0.2, -0.15) is 0 Å². The molecular weight excluding hydrogens is 438 g/mol. The lowest BCUT2D eigenvalue weighted by Crippen LogP contribution is -2.32. The Kier molecular flexibility index (Phi) is 6.45. The van der Waals surface area contributed by atoms with E-state index in [1.54, 1.807) is 36.4 Å². The Morgan fingerprint density at radius 1 is 0.882 bits per heavy atom. The van der Waals surface area contributed by atoms with Crippen LogP contribution < -0.4 is 15.0 Å². The van der Waals surface area contributed by atoms with Crippen molar-refractivity contribution in [2.75, 3.05) is 10.2 Å². The summed E-state index contributed by atoms with van der Waals surface area (Å²) in [6.07, 6.45) is 0.798. The summed E-state index contributed by atoms with van der Waals surface area (Å²) in [5.41, 5.74) is 2.24. The maximum absolute atomic E-state index is 13.8. The number of halogens is 2. The van der Waals surface area contributed by atoms with Gasteiger partial charge in [-0.15, -0.1) is 0 Å². The van der Waals surface area contributed by atoms with E-state index in [2.05, 4.69) is 5.32 Å². The number of hydrogen-bond donors (Lipinski definition) is 1. The monoisotopic (exact) mass is 462 g/mol. The number of anilines is 2. The number of rotatable bonds is 7. The van der Waals surface area contributed by atoms with Gasteiger partial charge >= 0.3 is 0 Å². The molecule has 0 saturated heterocycles. The second-order valence-electron chi connectivity index (χ2n) is 8.16. The third-order valence-corrected chi connectivity index (χ3v) is 5.39. The number of benzene rings is 3. The Balaban J connectivity index is 1.77. The van der Waals surface area contributed by atoms with Crippen LogP contribution >= 0.6 is 0 Å². The smallest absolute Gasteiger partial charge is 0.282 e. The molecule has 3 aromatic rings. The maximum Gasteiger partial charge on any atom is 0.282 e. The van der Waals surface area contributed by atoms with Crippen LogP contribution in [0.15, 0.2) is 72.4 Å². The lowest BCUT2D eigenvalue weighted by molar-refractivity contribution is -0.120. The first-order valence-electron chi connectivity index (χ1n) is 11.0. The molecule has 0 atom stereocenters. The Labute approximate surface area is 196 Å². The first-order valence-corrected chi connectivity index (χ1v) is 11.0. The van der Waals surface area contributed by atoms with Crippen molar-refractivity contribution in [1.82, 2.24) is 0 Å². The standard InChI is InChI=1S/C27H24F2N2O3/c1-4-17-5-10-20(11-6-17)31-26(32)24(18-7-12-21(13-8-18)34-16(2)3)25(27(31)33)30-19-9-14-22(28)23(29)15-19/h5-16,30H,4H2,1-3H3. The number of nitrogens with one attached hydrogen (secondary N) is 1. The van der Waals surface area contributed by atoms with Gasteiger partial charge in [0, 0.05) is 11.8 Å². The van der Waals surface area contributed by atoms with E-state index in [1.165, 1.54) is 6.07 Å². The van der Waals surface area contributed by atoms with Crippen molar-refractivity contribution in [2.45, 2.75) is 33.3 Å². The molecule has 0 saturated carbocycles. The predicted octanol–water partition coefficient (Wildman–Crippen LogP) is 5.71. The molecule has 1 aliphatic heterocycles. The molecule has 0 bridgehead atoms. The van der Waals surface area contributed by atoms with Crippen molar-refractivity contribution in [3.8, 4) is 5.75 Å². The van der Waals surface area contributed by atoms with Crippen LogP contribution in [-0.4, -0.2) is 17.9 Å². The van der Waals surface area contributed by atoms with Crippen LogP contribution in [0.3, 0.4) is 0 Å². The number of hydrogen-bond acceptors (Lipinski definition) is 4. The third kappa shape index (κ3) is 4.55. The van der Waals surface area contributed by atoms with Gasteiger partial charge in [-0.05, 0) is 67.8 Å². The van der Waals surface area contributed by atoms with Gasteiger partial charge in [0.05, 0.1) is 17.4 Å². The Hall–Kier alpha value is -4.00. The molecule has 174 valence electrons. The summed E-state index contributed by atoms with van der Waals surface area (Å²) in [6.45, 7) is 5.82. The molecule has 0 aromatic heterocycles. The molecule has 0 aliphatic carbocycles.